The SMILES string of the molecule is CCc1ccccc1Nc1nnc(CC)c(CC)c1C#N. The molecule has 0 aliphatic heterocycles. The molecule has 4 heteroatoms. The van der Waals surface area contributed by atoms with Gasteiger partial charge in [-0.3, -0.25) is 0 Å². The fraction of sp³-hybridized carbons (Fsp3) is 0.353. The van der Waals surface area contributed by atoms with Gasteiger partial charge in [-0.05, 0) is 36.5 Å². The molecule has 0 fully saturated rings. The van der Waals surface area contributed by atoms with Crippen LogP contribution >= 0.6 is 0 Å². The Labute approximate surface area is 125 Å². The minimum absolute atomic E-state index is 0.549. The summed E-state index contributed by atoms with van der Waals surface area (Å²) in [7, 11) is 0. The predicted molar refractivity (Wildman–Crippen MR) is 84.6 cm³/mol. The molecule has 0 atom stereocenters. The zero-order valence-electron chi connectivity index (χ0n) is 12.8. The van der Waals surface area contributed by atoms with Gasteiger partial charge >= 0.3 is 0 Å². The van der Waals surface area contributed by atoms with E-state index in [1.165, 1.54) is 5.56 Å². The van der Waals surface area contributed by atoms with Gasteiger partial charge in [0.25, 0.3) is 0 Å². The maximum atomic E-state index is 9.50. The first-order chi connectivity index (χ1) is 10.2. The lowest BCUT2D eigenvalue weighted by atomic mass is 10.0. The number of benzene rings is 1. The zero-order valence-corrected chi connectivity index (χ0v) is 12.8. The maximum Gasteiger partial charge on any atom is 0.171 e. The van der Waals surface area contributed by atoms with Crippen LogP contribution in [0.4, 0.5) is 11.5 Å². The van der Waals surface area contributed by atoms with Crippen molar-refractivity contribution in [1.82, 2.24) is 10.2 Å². The van der Waals surface area contributed by atoms with Crippen LogP contribution in [0, 0.1) is 11.3 Å². The van der Waals surface area contributed by atoms with Gasteiger partial charge < -0.3 is 5.32 Å². The molecule has 2 rings (SSSR count). The van der Waals surface area contributed by atoms with E-state index >= 15 is 0 Å². The second kappa shape index (κ2) is 6.85. The summed E-state index contributed by atoms with van der Waals surface area (Å²) in [5, 5.41) is 21.3. The number of hydrogen-bond donors (Lipinski definition) is 1. The number of nitrogens with one attached hydrogen (secondary N) is 1. The molecule has 1 aromatic carbocycles. The van der Waals surface area contributed by atoms with Crippen LogP contribution in [0.15, 0.2) is 24.3 Å². The number of nitrogens with zero attached hydrogens (tertiary/aromatic N) is 3. The topological polar surface area (TPSA) is 61.6 Å². The summed E-state index contributed by atoms with van der Waals surface area (Å²) in [6.45, 7) is 6.18. The number of aryl methyl sites for hydroxylation is 2. The third-order valence-electron chi connectivity index (χ3n) is 3.61. The van der Waals surface area contributed by atoms with Crippen LogP contribution in [0.2, 0.25) is 0 Å². The van der Waals surface area contributed by atoms with Gasteiger partial charge in [0.15, 0.2) is 5.82 Å². The number of aromatic nitrogens is 2. The van der Waals surface area contributed by atoms with Crippen molar-refractivity contribution in [2.24, 2.45) is 0 Å². The Morgan fingerprint density at radius 3 is 2.43 bits per heavy atom. The van der Waals surface area contributed by atoms with Crippen molar-refractivity contribution in [2.45, 2.75) is 40.0 Å². The number of hydrogen-bond acceptors (Lipinski definition) is 4. The lowest BCUT2D eigenvalue weighted by Gasteiger charge is -2.14. The highest BCUT2D eigenvalue weighted by Crippen LogP contribution is 2.25. The fourth-order valence-corrected chi connectivity index (χ4v) is 2.46. The van der Waals surface area contributed by atoms with E-state index in [0.29, 0.717) is 11.4 Å². The van der Waals surface area contributed by atoms with Gasteiger partial charge in [-0.1, -0.05) is 39.0 Å². The largest absolute Gasteiger partial charge is 0.337 e. The molecular formula is C17H20N4. The summed E-state index contributed by atoms with van der Waals surface area (Å²) >= 11 is 0. The average molecular weight is 280 g/mol. The number of anilines is 2. The second-order valence-electron chi connectivity index (χ2n) is 4.80. The molecule has 0 saturated carbocycles. The summed E-state index contributed by atoms with van der Waals surface area (Å²) in [5.74, 6) is 0.549. The van der Waals surface area contributed by atoms with Gasteiger partial charge in [0.2, 0.25) is 0 Å². The second-order valence-corrected chi connectivity index (χ2v) is 4.80. The van der Waals surface area contributed by atoms with Gasteiger partial charge in [-0.2, -0.15) is 10.4 Å². The van der Waals surface area contributed by atoms with Crippen LogP contribution in [0.25, 0.3) is 0 Å². The molecule has 21 heavy (non-hydrogen) atoms. The van der Waals surface area contributed by atoms with E-state index in [4.69, 9.17) is 0 Å². The van der Waals surface area contributed by atoms with Crippen LogP contribution < -0.4 is 5.32 Å². The normalized spacial score (nSPS) is 10.2. The Balaban J connectivity index is 2.48. The molecule has 4 nitrogen and oxygen atoms in total. The molecule has 108 valence electrons. The van der Waals surface area contributed by atoms with E-state index < -0.39 is 0 Å². The Bertz CT molecular complexity index is 671. The van der Waals surface area contributed by atoms with Crippen molar-refractivity contribution in [2.75, 3.05) is 5.32 Å². The van der Waals surface area contributed by atoms with Crippen LogP contribution in [0.1, 0.15) is 43.2 Å². The van der Waals surface area contributed by atoms with Crippen LogP contribution in [0.5, 0.6) is 0 Å². The van der Waals surface area contributed by atoms with Crippen LogP contribution in [-0.4, -0.2) is 10.2 Å². The van der Waals surface area contributed by atoms with E-state index in [1.54, 1.807) is 0 Å². The molecular weight excluding hydrogens is 260 g/mol. The molecule has 1 heterocycles. The zero-order chi connectivity index (χ0) is 15.2. The third kappa shape index (κ3) is 3.03. The molecule has 1 N–H and O–H groups in total. The van der Waals surface area contributed by atoms with E-state index in [0.717, 1.165) is 36.2 Å². The Hall–Kier alpha value is -2.41. The first kappa shape index (κ1) is 15.0. The van der Waals surface area contributed by atoms with Gasteiger partial charge in [0.1, 0.15) is 11.6 Å². The lowest BCUT2D eigenvalue weighted by molar-refractivity contribution is 0.877. The van der Waals surface area contributed by atoms with Crippen LogP contribution in [-0.2, 0) is 19.3 Å². The fourth-order valence-electron chi connectivity index (χ4n) is 2.46. The molecule has 2 aromatic rings. The lowest BCUT2D eigenvalue weighted by Crippen LogP contribution is -2.08. The molecule has 0 saturated heterocycles. The standard InChI is InChI=1S/C17H20N4/c1-4-12-9-7-8-10-16(12)19-17-14(11-18)13(5-2)15(6-3)20-21-17/h7-10H,4-6H2,1-3H3,(H,19,21). The highest BCUT2D eigenvalue weighted by atomic mass is 15.2. The van der Waals surface area contributed by atoms with Gasteiger partial charge in [-0.15, -0.1) is 5.10 Å². The van der Waals surface area contributed by atoms with E-state index in [2.05, 4.69) is 34.6 Å². The van der Waals surface area contributed by atoms with E-state index in [-0.39, 0.29) is 0 Å². The number of rotatable bonds is 5. The molecule has 1 aromatic heterocycles. The van der Waals surface area contributed by atoms with E-state index in [1.807, 2.05) is 32.0 Å². The molecule has 0 spiro atoms. The van der Waals surface area contributed by atoms with E-state index in [9.17, 15) is 5.26 Å². The third-order valence-corrected chi connectivity index (χ3v) is 3.61. The molecule has 0 bridgehead atoms. The molecule has 0 unspecified atom stereocenters. The molecule has 0 radical (unpaired) electrons. The summed E-state index contributed by atoms with van der Waals surface area (Å²) in [4.78, 5) is 0. The van der Waals surface area contributed by atoms with Crippen molar-refractivity contribution >= 4 is 11.5 Å². The summed E-state index contributed by atoms with van der Waals surface area (Å²) in [6.07, 6.45) is 2.49. The van der Waals surface area contributed by atoms with Crippen molar-refractivity contribution in [3.63, 3.8) is 0 Å². The minimum atomic E-state index is 0.549. The maximum absolute atomic E-state index is 9.50. The Kier molecular flexibility index (Phi) is 4.89. The smallest absolute Gasteiger partial charge is 0.171 e. The number of para-hydroxylation sites is 1. The van der Waals surface area contributed by atoms with Crippen molar-refractivity contribution in [3.05, 3.63) is 46.6 Å². The summed E-state index contributed by atoms with van der Waals surface area (Å²) in [6, 6.07) is 10.3. The van der Waals surface area contributed by atoms with Gasteiger partial charge in [0.05, 0.1) is 5.69 Å². The number of nitriles is 1. The summed E-state index contributed by atoms with van der Waals surface area (Å²) in [5.41, 5.74) is 4.68. The van der Waals surface area contributed by atoms with Gasteiger partial charge in [0, 0.05) is 5.69 Å². The molecule has 0 amide bonds. The Morgan fingerprint density at radius 1 is 1.05 bits per heavy atom. The average Bonchev–Trinajstić information content (AvgIpc) is 2.54. The van der Waals surface area contributed by atoms with Crippen molar-refractivity contribution in [3.8, 4) is 6.07 Å². The first-order valence-corrected chi connectivity index (χ1v) is 7.38. The van der Waals surface area contributed by atoms with Crippen molar-refractivity contribution in [1.29, 1.82) is 5.26 Å². The highest BCUT2D eigenvalue weighted by molar-refractivity contribution is 5.67. The van der Waals surface area contributed by atoms with Gasteiger partial charge in [-0.25, -0.2) is 0 Å². The van der Waals surface area contributed by atoms with Crippen molar-refractivity contribution < 1.29 is 0 Å². The van der Waals surface area contributed by atoms with Crippen LogP contribution in [0.3, 0.4) is 0 Å². The first-order valence-electron chi connectivity index (χ1n) is 7.38. The summed E-state index contributed by atoms with van der Waals surface area (Å²) < 4.78 is 0. The molecule has 0 aliphatic rings. The quantitative estimate of drug-likeness (QED) is 0.905. The molecule has 0 aliphatic carbocycles. The Morgan fingerprint density at radius 2 is 1.81 bits per heavy atom. The predicted octanol–water partition coefficient (Wildman–Crippen LogP) is 3.78. The highest BCUT2D eigenvalue weighted by Gasteiger charge is 2.15. The monoisotopic (exact) mass is 280 g/mol. The minimum Gasteiger partial charge on any atom is -0.337 e.